The predicted octanol–water partition coefficient (Wildman–Crippen LogP) is 4.32. The summed E-state index contributed by atoms with van der Waals surface area (Å²) in [5, 5.41) is 19.1. The van der Waals surface area contributed by atoms with E-state index in [-0.39, 0.29) is 5.91 Å². The third-order valence-electron chi connectivity index (χ3n) is 4.62. The second-order valence-electron chi connectivity index (χ2n) is 7.89. The highest BCUT2D eigenvalue weighted by Crippen LogP contribution is 2.21. The molecular formula is C21H26N6O. The van der Waals surface area contributed by atoms with Crippen LogP contribution in [0.2, 0.25) is 0 Å². The molecule has 0 atom stereocenters. The Balaban J connectivity index is 1.69. The monoisotopic (exact) mass is 378 g/mol. The Morgan fingerprint density at radius 3 is 2.07 bits per heavy atom. The number of aromatic nitrogens is 4. The molecule has 3 aromatic rings. The van der Waals surface area contributed by atoms with E-state index >= 15 is 0 Å². The number of carbonyl (C=O) groups is 1. The second kappa shape index (κ2) is 7.42. The summed E-state index contributed by atoms with van der Waals surface area (Å²) in [7, 11) is 0. The molecule has 2 N–H and O–H groups in total. The molecule has 1 amide bonds. The lowest BCUT2D eigenvalue weighted by Gasteiger charge is -2.17. The molecule has 2 heterocycles. The second-order valence-corrected chi connectivity index (χ2v) is 7.89. The van der Waals surface area contributed by atoms with Gasteiger partial charge in [-0.2, -0.15) is 5.10 Å². The van der Waals surface area contributed by atoms with Crippen molar-refractivity contribution >= 4 is 23.1 Å². The highest BCUT2D eigenvalue weighted by molar-refractivity contribution is 5.94. The topological polar surface area (TPSA) is 84.7 Å². The van der Waals surface area contributed by atoms with E-state index in [1.54, 1.807) is 4.68 Å². The van der Waals surface area contributed by atoms with Gasteiger partial charge in [-0.25, -0.2) is 4.68 Å². The summed E-state index contributed by atoms with van der Waals surface area (Å²) in [5.41, 5.74) is 4.38. The fourth-order valence-corrected chi connectivity index (χ4v) is 2.55. The van der Waals surface area contributed by atoms with Crippen LogP contribution in [0, 0.1) is 26.2 Å². The van der Waals surface area contributed by atoms with Gasteiger partial charge in [-0.3, -0.25) is 4.79 Å². The van der Waals surface area contributed by atoms with Gasteiger partial charge in [0.25, 0.3) is 0 Å². The summed E-state index contributed by atoms with van der Waals surface area (Å²) in [6, 6.07) is 11.2. The molecule has 0 fully saturated rings. The van der Waals surface area contributed by atoms with Crippen LogP contribution in [0.5, 0.6) is 0 Å². The molecule has 0 aliphatic rings. The molecule has 1 aromatic carbocycles. The van der Waals surface area contributed by atoms with Crippen molar-refractivity contribution in [2.24, 2.45) is 5.41 Å². The van der Waals surface area contributed by atoms with Crippen molar-refractivity contribution in [1.29, 1.82) is 0 Å². The third kappa shape index (κ3) is 4.19. The van der Waals surface area contributed by atoms with Crippen LogP contribution < -0.4 is 10.6 Å². The van der Waals surface area contributed by atoms with Gasteiger partial charge in [0, 0.05) is 22.5 Å². The molecule has 7 nitrogen and oxygen atoms in total. The zero-order chi connectivity index (χ0) is 20.5. The van der Waals surface area contributed by atoms with E-state index in [1.165, 1.54) is 0 Å². The van der Waals surface area contributed by atoms with Crippen LogP contribution in [0.1, 0.15) is 37.7 Å². The van der Waals surface area contributed by atoms with Gasteiger partial charge >= 0.3 is 0 Å². The summed E-state index contributed by atoms with van der Waals surface area (Å²) in [5.74, 6) is 1.29. The van der Waals surface area contributed by atoms with E-state index in [4.69, 9.17) is 0 Å². The molecule has 0 radical (unpaired) electrons. The number of hydrogen-bond donors (Lipinski definition) is 2. The van der Waals surface area contributed by atoms with E-state index in [9.17, 15) is 4.79 Å². The number of nitrogens with one attached hydrogen (secondary N) is 2. The summed E-state index contributed by atoms with van der Waals surface area (Å²) >= 11 is 0. The summed E-state index contributed by atoms with van der Waals surface area (Å²) in [6.07, 6.45) is 0. The molecule has 3 rings (SSSR count). The Morgan fingerprint density at radius 2 is 1.57 bits per heavy atom. The summed E-state index contributed by atoms with van der Waals surface area (Å²) < 4.78 is 1.80. The molecule has 0 bridgehead atoms. The first kappa shape index (κ1) is 19.5. The number of amides is 1. The number of rotatable bonds is 4. The van der Waals surface area contributed by atoms with Crippen molar-refractivity contribution in [2.75, 3.05) is 10.6 Å². The number of carbonyl (C=O) groups excluding carboxylic acids is 1. The van der Waals surface area contributed by atoms with Crippen LogP contribution in [0.4, 0.5) is 17.2 Å². The summed E-state index contributed by atoms with van der Waals surface area (Å²) in [6.45, 7) is 11.7. The van der Waals surface area contributed by atoms with Crippen LogP contribution in [0.15, 0.2) is 36.4 Å². The first-order valence-corrected chi connectivity index (χ1v) is 9.20. The Labute approximate surface area is 165 Å². The number of hydrogen-bond acceptors (Lipinski definition) is 5. The van der Waals surface area contributed by atoms with Gasteiger partial charge in [-0.15, -0.1) is 10.2 Å². The SMILES string of the molecule is Cc1nn(-c2ccc(Nc3ccc(NC(=O)C(C)(C)C)cc3)nn2)c(C)c1C. The van der Waals surface area contributed by atoms with Crippen molar-refractivity contribution in [3.63, 3.8) is 0 Å². The number of benzene rings is 1. The molecular weight excluding hydrogens is 352 g/mol. The van der Waals surface area contributed by atoms with Crippen molar-refractivity contribution < 1.29 is 4.79 Å². The minimum Gasteiger partial charge on any atom is -0.339 e. The Bertz CT molecular complexity index is 981. The van der Waals surface area contributed by atoms with Crippen LogP contribution >= 0.6 is 0 Å². The lowest BCUT2D eigenvalue weighted by molar-refractivity contribution is -0.123. The Hall–Kier alpha value is -3.22. The fourth-order valence-electron chi connectivity index (χ4n) is 2.55. The normalized spacial score (nSPS) is 11.4. The quantitative estimate of drug-likeness (QED) is 0.706. The maximum Gasteiger partial charge on any atom is 0.229 e. The number of anilines is 3. The smallest absolute Gasteiger partial charge is 0.229 e. The summed E-state index contributed by atoms with van der Waals surface area (Å²) in [4.78, 5) is 12.1. The van der Waals surface area contributed by atoms with Crippen LogP contribution in [0.25, 0.3) is 5.82 Å². The number of aryl methyl sites for hydroxylation is 1. The zero-order valence-electron chi connectivity index (χ0n) is 17.2. The van der Waals surface area contributed by atoms with Crippen LogP contribution in [-0.2, 0) is 4.79 Å². The molecule has 0 spiro atoms. The lowest BCUT2D eigenvalue weighted by Crippen LogP contribution is -2.27. The average Bonchev–Trinajstić information content (AvgIpc) is 2.90. The first-order chi connectivity index (χ1) is 13.1. The Morgan fingerprint density at radius 1 is 0.929 bits per heavy atom. The highest BCUT2D eigenvalue weighted by Gasteiger charge is 2.21. The molecule has 7 heteroatoms. The molecule has 0 unspecified atom stereocenters. The van der Waals surface area contributed by atoms with Crippen molar-refractivity contribution in [2.45, 2.75) is 41.5 Å². The van der Waals surface area contributed by atoms with Gasteiger partial charge in [0.15, 0.2) is 11.6 Å². The van der Waals surface area contributed by atoms with E-state index in [2.05, 4.69) is 25.9 Å². The van der Waals surface area contributed by atoms with E-state index in [0.717, 1.165) is 28.3 Å². The molecule has 2 aromatic heterocycles. The van der Waals surface area contributed by atoms with Crippen molar-refractivity contribution in [1.82, 2.24) is 20.0 Å². The van der Waals surface area contributed by atoms with Gasteiger partial charge in [0.05, 0.1) is 5.69 Å². The molecule has 0 aliphatic carbocycles. The predicted molar refractivity (Wildman–Crippen MR) is 111 cm³/mol. The lowest BCUT2D eigenvalue weighted by atomic mass is 9.95. The number of nitrogens with zero attached hydrogens (tertiary/aromatic N) is 4. The van der Waals surface area contributed by atoms with Gasteiger partial charge in [0.2, 0.25) is 5.91 Å². The maximum atomic E-state index is 12.1. The third-order valence-corrected chi connectivity index (χ3v) is 4.62. The van der Waals surface area contributed by atoms with Gasteiger partial charge in [0.1, 0.15) is 0 Å². The Kier molecular flexibility index (Phi) is 5.18. The molecule has 0 saturated heterocycles. The standard InChI is InChI=1S/C21H26N6O/c1-13-14(2)26-27(15(13)3)19-12-11-18(24-25-19)22-16-7-9-17(10-8-16)23-20(28)21(4,5)6/h7-12H,1-6H3,(H,22,24)(H,23,28). The molecule has 28 heavy (non-hydrogen) atoms. The minimum absolute atomic E-state index is 0.0194. The molecule has 146 valence electrons. The van der Waals surface area contributed by atoms with Gasteiger partial charge in [-0.1, -0.05) is 20.8 Å². The van der Waals surface area contributed by atoms with Gasteiger partial charge < -0.3 is 10.6 Å². The molecule has 0 aliphatic heterocycles. The highest BCUT2D eigenvalue weighted by atomic mass is 16.2. The minimum atomic E-state index is -0.432. The largest absolute Gasteiger partial charge is 0.339 e. The van der Waals surface area contributed by atoms with E-state index in [1.807, 2.05) is 77.9 Å². The van der Waals surface area contributed by atoms with Crippen molar-refractivity contribution in [3.8, 4) is 5.82 Å². The van der Waals surface area contributed by atoms with Crippen LogP contribution in [0.3, 0.4) is 0 Å². The zero-order valence-corrected chi connectivity index (χ0v) is 17.2. The van der Waals surface area contributed by atoms with E-state index in [0.29, 0.717) is 11.6 Å². The molecule has 0 saturated carbocycles. The maximum absolute atomic E-state index is 12.1. The van der Waals surface area contributed by atoms with Gasteiger partial charge in [-0.05, 0) is 62.7 Å². The average molecular weight is 378 g/mol. The van der Waals surface area contributed by atoms with Crippen molar-refractivity contribution in [3.05, 3.63) is 53.3 Å². The first-order valence-electron chi connectivity index (χ1n) is 9.20. The fraction of sp³-hybridized carbons (Fsp3) is 0.333. The van der Waals surface area contributed by atoms with E-state index < -0.39 is 5.41 Å². The van der Waals surface area contributed by atoms with Crippen LogP contribution in [-0.4, -0.2) is 25.9 Å².